The number of carbonyl (C=O) groups is 1. The van der Waals surface area contributed by atoms with Gasteiger partial charge in [0.15, 0.2) is 6.29 Å². The predicted octanol–water partition coefficient (Wildman–Crippen LogP) is 2.48. The number of carbonyl (C=O) groups excluding carboxylic acids is 1. The molecule has 2 fully saturated rings. The lowest BCUT2D eigenvalue weighted by molar-refractivity contribution is -0.135. The number of amides is 1. The first-order valence-corrected chi connectivity index (χ1v) is 9.93. The summed E-state index contributed by atoms with van der Waals surface area (Å²) in [6.07, 6.45) is 0.0370. The molecule has 27 heavy (non-hydrogen) atoms. The van der Waals surface area contributed by atoms with E-state index < -0.39 is 0 Å². The van der Waals surface area contributed by atoms with Crippen LogP contribution in [0, 0.1) is 5.92 Å². The molecule has 0 saturated carbocycles. The lowest BCUT2D eigenvalue weighted by Crippen LogP contribution is -2.56. The van der Waals surface area contributed by atoms with Crippen LogP contribution in [0.3, 0.4) is 0 Å². The molecule has 6 heteroatoms. The molecule has 1 N–H and O–H groups in total. The van der Waals surface area contributed by atoms with Crippen molar-refractivity contribution in [2.75, 3.05) is 26.3 Å². The molecule has 0 bridgehead atoms. The second-order valence-corrected chi connectivity index (χ2v) is 7.93. The summed E-state index contributed by atoms with van der Waals surface area (Å²) in [5.41, 5.74) is 2.08. The molecular formula is C21H32N2O4. The molecule has 2 aliphatic heterocycles. The van der Waals surface area contributed by atoms with Crippen LogP contribution in [0.5, 0.6) is 0 Å². The maximum Gasteiger partial charge on any atom is 0.237 e. The molecule has 0 radical (unpaired) electrons. The predicted molar refractivity (Wildman–Crippen MR) is 103 cm³/mol. The molecule has 2 heterocycles. The molecule has 1 amide bonds. The van der Waals surface area contributed by atoms with E-state index in [1.54, 1.807) is 0 Å². The summed E-state index contributed by atoms with van der Waals surface area (Å²) in [5, 5.41) is 3.11. The lowest BCUT2D eigenvalue weighted by atomic mass is 9.99. The number of ether oxygens (including phenoxy) is 3. The Morgan fingerprint density at radius 2 is 1.70 bits per heavy atom. The van der Waals surface area contributed by atoms with Gasteiger partial charge < -0.3 is 19.5 Å². The van der Waals surface area contributed by atoms with Gasteiger partial charge in [-0.05, 0) is 25.3 Å². The summed E-state index contributed by atoms with van der Waals surface area (Å²) in [4.78, 5) is 15.2. The number of nitrogens with one attached hydrogen (secondary N) is 1. The van der Waals surface area contributed by atoms with Crippen LogP contribution in [-0.4, -0.2) is 55.4 Å². The van der Waals surface area contributed by atoms with Gasteiger partial charge in [-0.1, -0.05) is 38.1 Å². The Bertz CT molecular complexity index is 603. The Hall–Kier alpha value is -1.47. The minimum absolute atomic E-state index is 0.0813. The Balaban J connectivity index is 1.57. The Morgan fingerprint density at radius 3 is 2.26 bits per heavy atom. The summed E-state index contributed by atoms with van der Waals surface area (Å²) in [7, 11) is 0. The molecule has 3 rings (SSSR count). The monoisotopic (exact) mass is 376 g/mol. The van der Waals surface area contributed by atoms with Crippen molar-refractivity contribution >= 4 is 5.91 Å². The van der Waals surface area contributed by atoms with Crippen LogP contribution in [0.1, 0.15) is 45.1 Å². The third-order valence-electron chi connectivity index (χ3n) is 5.08. The first kappa shape index (κ1) is 20.3. The van der Waals surface area contributed by atoms with Gasteiger partial charge in [-0.2, -0.15) is 0 Å². The fourth-order valence-corrected chi connectivity index (χ4v) is 3.97. The summed E-state index contributed by atoms with van der Waals surface area (Å²) in [5.74, 6) is 0.319. The van der Waals surface area contributed by atoms with E-state index >= 15 is 0 Å². The maximum atomic E-state index is 12.9. The highest BCUT2D eigenvalue weighted by atomic mass is 16.7. The topological polar surface area (TPSA) is 60.0 Å². The molecule has 0 unspecified atom stereocenters. The second kappa shape index (κ2) is 9.15. The summed E-state index contributed by atoms with van der Waals surface area (Å²) >= 11 is 0. The van der Waals surface area contributed by atoms with E-state index in [-0.39, 0.29) is 36.4 Å². The zero-order valence-corrected chi connectivity index (χ0v) is 16.8. The van der Waals surface area contributed by atoms with Crippen molar-refractivity contribution in [1.82, 2.24) is 10.2 Å². The van der Waals surface area contributed by atoms with Crippen molar-refractivity contribution in [1.29, 1.82) is 0 Å². The Morgan fingerprint density at radius 1 is 1.11 bits per heavy atom. The van der Waals surface area contributed by atoms with Gasteiger partial charge in [-0.3, -0.25) is 9.69 Å². The average Bonchev–Trinajstić information content (AvgIpc) is 3.14. The first-order chi connectivity index (χ1) is 12.9. The number of hydrogen-bond acceptors (Lipinski definition) is 5. The molecule has 0 aliphatic carbocycles. The molecule has 6 nitrogen and oxygen atoms in total. The molecule has 0 aromatic heterocycles. The minimum Gasteiger partial charge on any atom is -0.373 e. The number of nitrogens with zero attached hydrogens (tertiary/aromatic N) is 1. The van der Waals surface area contributed by atoms with Crippen LogP contribution < -0.4 is 5.32 Å². The minimum atomic E-state index is -0.260. The highest BCUT2D eigenvalue weighted by molar-refractivity contribution is 5.82. The number of hydrogen-bond donors (Lipinski definition) is 1. The SMILES string of the molecule is CC(C)[C@@H](C(=O)NCc1ccc(C2OCCO2)cc1)N1C[C@@H](C)O[C@H](C)C1. The van der Waals surface area contributed by atoms with Crippen molar-refractivity contribution in [3.63, 3.8) is 0 Å². The number of rotatable bonds is 6. The third kappa shape index (κ3) is 5.29. The van der Waals surface area contributed by atoms with Gasteiger partial charge in [-0.25, -0.2) is 0 Å². The third-order valence-corrected chi connectivity index (χ3v) is 5.08. The fraction of sp³-hybridized carbons (Fsp3) is 0.667. The zero-order chi connectivity index (χ0) is 19.4. The average molecular weight is 376 g/mol. The van der Waals surface area contributed by atoms with Crippen molar-refractivity contribution in [3.8, 4) is 0 Å². The van der Waals surface area contributed by atoms with Gasteiger partial charge in [0.05, 0.1) is 31.5 Å². The molecule has 150 valence electrons. The van der Waals surface area contributed by atoms with Crippen LogP contribution in [0.15, 0.2) is 24.3 Å². The van der Waals surface area contributed by atoms with Crippen LogP contribution in [0.4, 0.5) is 0 Å². The summed E-state index contributed by atoms with van der Waals surface area (Å²) < 4.78 is 16.8. The van der Waals surface area contributed by atoms with Gasteiger partial charge in [-0.15, -0.1) is 0 Å². The highest BCUT2D eigenvalue weighted by Gasteiger charge is 2.34. The normalized spacial score (nSPS) is 25.7. The molecule has 3 atom stereocenters. The van der Waals surface area contributed by atoms with E-state index in [2.05, 4.69) is 37.9 Å². The molecule has 0 spiro atoms. The van der Waals surface area contributed by atoms with Gasteiger partial charge in [0.1, 0.15) is 0 Å². The van der Waals surface area contributed by atoms with E-state index in [1.807, 2.05) is 24.3 Å². The second-order valence-electron chi connectivity index (χ2n) is 7.93. The number of morpholine rings is 1. The van der Waals surface area contributed by atoms with Crippen LogP contribution in [-0.2, 0) is 25.5 Å². The van der Waals surface area contributed by atoms with E-state index in [0.29, 0.717) is 19.8 Å². The summed E-state index contributed by atoms with van der Waals surface area (Å²) in [6.45, 7) is 11.7. The Kier molecular flexibility index (Phi) is 6.87. The smallest absolute Gasteiger partial charge is 0.237 e. The maximum absolute atomic E-state index is 12.9. The van der Waals surface area contributed by atoms with Gasteiger partial charge >= 0.3 is 0 Å². The van der Waals surface area contributed by atoms with E-state index in [4.69, 9.17) is 14.2 Å². The quantitative estimate of drug-likeness (QED) is 0.827. The van der Waals surface area contributed by atoms with Crippen LogP contribution in [0.25, 0.3) is 0 Å². The molecule has 1 aromatic rings. The van der Waals surface area contributed by atoms with Gasteiger partial charge in [0, 0.05) is 25.2 Å². The van der Waals surface area contributed by atoms with Crippen molar-refractivity contribution in [2.45, 2.75) is 58.8 Å². The fourth-order valence-electron chi connectivity index (χ4n) is 3.97. The van der Waals surface area contributed by atoms with E-state index in [1.165, 1.54) is 0 Å². The largest absolute Gasteiger partial charge is 0.373 e. The Labute approximate surface area is 162 Å². The molecule has 2 saturated heterocycles. The highest BCUT2D eigenvalue weighted by Crippen LogP contribution is 2.23. The first-order valence-electron chi connectivity index (χ1n) is 9.93. The zero-order valence-electron chi connectivity index (χ0n) is 16.8. The van der Waals surface area contributed by atoms with Gasteiger partial charge in [0.2, 0.25) is 5.91 Å². The van der Waals surface area contributed by atoms with Crippen LogP contribution >= 0.6 is 0 Å². The molecule has 1 aromatic carbocycles. The van der Waals surface area contributed by atoms with E-state index in [0.717, 1.165) is 24.2 Å². The van der Waals surface area contributed by atoms with E-state index in [9.17, 15) is 4.79 Å². The summed E-state index contributed by atoms with van der Waals surface area (Å²) in [6, 6.07) is 7.90. The van der Waals surface area contributed by atoms with Crippen molar-refractivity contribution < 1.29 is 19.0 Å². The number of benzene rings is 1. The standard InChI is InChI=1S/C21H32N2O4/c1-14(2)19(23-12-15(3)27-16(4)13-23)20(24)22-11-17-5-7-18(8-6-17)21-25-9-10-26-21/h5-8,14-16,19,21H,9-13H2,1-4H3,(H,22,24)/t15-,16-,19+/m1/s1. The van der Waals surface area contributed by atoms with Gasteiger partial charge in [0.25, 0.3) is 0 Å². The molecule has 2 aliphatic rings. The molecular weight excluding hydrogens is 344 g/mol. The van der Waals surface area contributed by atoms with Crippen LogP contribution in [0.2, 0.25) is 0 Å². The van der Waals surface area contributed by atoms with Crippen molar-refractivity contribution in [2.24, 2.45) is 5.92 Å². The van der Waals surface area contributed by atoms with Crippen molar-refractivity contribution in [3.05, 3.63) is 35.4 Å². The lowest BCUT2D eigenvalue weighted by Gasteiger charge is -2.41.